The summed E-state index contributed by atoms with van der Waals surface area (Å²) in [5.74, 6) is 0. The fourth-order valence-electron chi connectivity index (χ4n) is 3.10. The summed E-state index contributed by atoms with van der Waals surface area (Å²) in [7, 11) is -3.34. The molecule has 0 radical (unpaired) electrons. The van der Waals surface area contributed by atoms with E-state index in [4.69, 9.17) is 0 Å². The molecule has 116 valence electrons. The minimum atomic E-state index is -3.34. The van der Waals surface area contributed by atoms with Crippen molar-refractivity contribution < 1.29 is 8.42 Å². The van der Waals surface area contributed by atoms with Gasteiger partial charge in [-0.2, -0.15) is 4.31 Å². The lowest BCUT2D eigenvalue weighted by Gasteiger charge is -2.33. The van der Waals surface area contributed by atoms with Gasteiger partial charge in [0.05, 0.1) is 4.90 Å². The Labute approximate surface area is 127 Å². The van der Waals surface area contributed by atoms with Crippen molar-refractivity contribution in [3.63, 3.8) is 0 Å². The highest BCUT2D eigenvalue weighted by Crippen LogP contribution is 2.27. The molecule has 0 aromatic heterocycles. The van der Waals surface area contributed by atoms with Crippen LogP contribution in [0.15, 0.2) is 23.1 Å². The Kier molecular flexibility index (Phi) is 4.19. The van der Waals surface area contributed by atoms with E-state index in [-0.39, 0.29) is 0 Å². The number of sulfonamides is 1. The van der Waals surface area contributed by atoms with Gasteiger partial charge in [-0.15, -0.1) is 0 Å². The van der Waals surface area contributed by atoms with Gasteiger partial charge in [-0.05, 0) is 43.1 Å². The largest absolute Gasteiger partial charge is 0.384 e. The zero-order chi connectivity index (χ0) is 14.9. The fraction of sp³-hybridized carbons (Fsp3) is 0.600. The van der Waals surface area contributed by atoms with Gasteiger partial charge in [0.1, 0.15) is 0 Å². The van der Waals surface area contributed by atoms with Crippen molar-refractivity contribution in [1.82, 2.24) is 9.21 Å². The van der Waals surface area contributed by atoms with Gasteiger partial charge in [-0.3, -0.25) is 0 Å². The van der Waals surface area contributed by atoms with Crippen LogP contribution in [0.3, 0.4) is 0 Å². The first kappa shape index (κ1) is 14.8. The lowest BCUT2D eigenvalue weighted by atomic mass is 10.2. The molecule has 0 aliphatic carbocycles. The number of nitrogens with one attached hydrogen (secondary N) is 1. The Balaban J connectivity index is 1.75. The topological polar surface area (TPSA) is 52.7 Å². The van der Waals surface area contributed by atoms with Gasteiger partial charge >= 0.3 is 0 Å². The number of anilines is 1. The zero-order valence-corrected chi connectivity index (χ0v) is 13.3. The van der Waals surface area contributed by atoms with Crippen LogP contribution in [0.4, 0.5) is 5.69 Å². The van der Waals surface area contributed by atoms with E-state index in [9.17, 15) is 8.42 Å². The van der Waals surface area contributed by atoms with E-state index in [1.807, 2.05) is 12.1 Å². The second-order valence-electron chi connectivity index (χ2n) is 5.74. The lowest BCUT2D eigenvalue weighted by molar-refractivity contribution is 0.188. The molecule has 0 atom stereocenters. The number of rotatable bonds is 4. The molecule has 3 rings (SSSR count). The summed E-state index contributed by atoms with van der Waals surface area (Å²) in [6.45, 7) is 6.96. The highest BCUT2D eigenvalue weighted by atomic mass is 32.2. The van der Waals surface area contributed by atoms with E-state index in [0.717, 1.165) is 50.3 Å². The molecule has 0 saturated carbocycles. The van der Waals surface area contributed by atoms with Crippen LogP contribution in [0.5, 0.6) is 0 Å². The normalized spacial score (nSPS) is 20.2. The molecule has 1 saturated heterocycles. The molecular formula is C15H23N3O2S. The lowest BCUT2D eigenvalue weighted by Crippen LogP contribution is -2.48. The molecule has 0 unspecified atom stereocenters. The highest BCUT2D eigenvalue weighted by molar-refractivity contribution is 7.89. The first-order valence-corrected chi connectivity index (χ1v) is 9.14. The van der Waals surface area contributed by atoms with Crippen LogP contribution < -0.4 is 5.32 Å². The Morgan fingerprint density at radius 2 is 1.95 bits per heavy atom. The van der Waals surface area contributed by atoms with Crippen molar-refractivity contribution in [1.29, 1.82) is 0 Å². The maximum Gasteiger partial charge on any atom is 0.243 e. The predicted molar refractivity (Wildman–Crippen MR) is 84.1 cm³/mol. The van der Waals surface area contributed by atoms with Crippen LogP contribution >= 0.6 is 0 Å². The molecule has 1 fully saturated rings. The zero-order valence-electron chi connectivity index (χ0n) is 12.5. The van der Waals surface area contributed by atoms with E-state index >= 15 is 0 Å². The summed E-state index contributed by atoms with van der Waals surface area (Å²) in [4.78, 5) is 2.77. The van der Waals surface area contributed by atoms with Gasteiger partial charge in [0.15, 0.2) is 0 Å². The van der Waals surface area contributed by atoms with E-state index in [1.54, 1.807) is 10.4 Å². The average molecular weight is 309 g/mol. The van der Waals surface area contributed by atoms with Crippen LogP contribution in [0.1, 0.15) is 18.9 Å². The third kappa shape index (κ3) is 2.93. The molecule has 1 N–H and O–H groups in total. The van der Waals surface area contributed by atoms with Gasteiger partial charge in [0.25, 0.3) is 0 Å². The van der Waals surface area contributed by atoms with Crippen LogP contribution in [-0.4, -0.2) is 56.9 Å². The second kappa shape index (κ2) is 5.94. The second-order valence-corrected chi connectivity index (χ2v) is 7.68. The summed E-state index contributed by atoms with van der Waals surface area (Å²) in [5.41, 5.74) is 2.18. The number of benzene rings is 1. The fourth-order valence-corrected chi connectivity index (χ4v) is 4.57. The first-order valence-electron chi connectivity index (χ1n) is 7.70. The van der Waals surface area contributed by atoms with E-state index in [0.29, 0.717) is 18.0 Å². The number of hydrogen-bond donors (Lipinski definition) is 1. The van der Waals surface area contributed by atoms with Crippen molar-refractivity contribution in [2.24, 2.45) is 0 Å². The molecule has 2 heterocycles. The summed E-state index contributed by atoms with van der Waals surface area (Å²) in [6.07, 6.45) is 2.02. The Bertz CT molecular complexity index is 607. The number of fused-ring (bicyclic) bond motifs is 1. The molecule has 21 heavy (non-hydrogen) atoms. The standard InChI is InChI=1S/C15H23N3O2S/c1-2-7-17-8-10-18(11-9-17)21(19,20)14-3-4-15-13(12-14)5-6-16-15/h3-4,12,16H,2,5-11H2,1H3. The van der Waals surface area contributed by atoms with E-state index < -0.39 is 10.0 Å². The number of hydrogen-bond acceptors (Lipinski definition) is 4. The molecule has 0 amide bonds. The van der Waals surface area contributed by atoms with Crippen molar-refractivity contribution in [2.75, 3.05) is 44.6 Å². The molecule has 2 aliphatic rings. The molecule has 1 aromatic rings. The van der Waals surface area contributed by atoms with Crippen LogP contribution in [0.2, 0.25) is 0 Å². The monoisotopic (exact) mass is 309 g/mol. The van der Waals surface area contributed by atoms with Crippen molar-refractivity contribution in [3.05, 3.63) is 23.8 Å². The molecule has 1 aromatic carbocycles. The minimum Gasteiger partial charge on any atom is -0.384 e. The smallest absolute Gasteiger partial charge is 0.243 e. The average Bonchev–Trinajstić information content (AvgIpc) is 2.95. The van der Waals surface area contributed by atoms with Crippen LogP contribution in [-0.2, 0) is 16.4 Å². The summed E-state index contributed by atoms with van der Waals surface area (Å²) in [5, 5.41) is 3.26. The van der Waals surface area contributed by atoms with Gasteiger partial charge in [-0.25, -0.2) is 8.42 Å². The minimum absolute atomic E-state index is 0.439. The molecule has 2 aliphatic heterocycles. The Morgan fingerprint density at radius 1 is 1.19 bits per heavy atom. The third-order valence-corrected chi connectivity index (χ3v) is 6.19. The predicted octanol–water partition coefficient (Wildman–Crippen LogP) is 1.37. The third-order valence-electron chi connectivity index (χ3n) is 4.30. The van der Waals surface area contributed by atoms with Crippen molar-refractivity contribution in [3.8, 4) is 0 Å². The van der Waals surface area contributed by atoms with Gasteiger partial charge in [0.2, 0.25) is 10.0 Å². The quantitative estimate of drug-likeness (QED) is 0.913. The summed E-state index contributed by atoms with van der Waals surface area (Å²) < 4.78 is 27.1. The molecule has 5 nitrogen and oxygen atoms in total. The van der Waals surface area contributed by atoms with Gasteiger partial charge < -0.3 is 10.2 Å². The van der Waals surface area contributed by atoms with Crippen molar-refractivity contribution in [2.45, 2.75) is 24.7 Å². The van der Waals surface area contributed by atoms with E-state index in [2.05, 4.69) is 17.1 Å². The number of nitrogens with zero attached hydrogens (tertiary/aromatic N) is 2. The highest BCUT2D eigenvalue weighted by Gasteiger charge is 2.29. The molecular weight excluding hydrogens is 286 g/mol. The molecule has 0 bridgehead atoms. The van der Waals surface area contributed by atoms with E-state index in [1.165, 1.54) is 0 Å². The van der Waals surface area contributed by atoms with Gasteiger partial charge in [0, 0.05) is 38.4 Å². The summed E-state index contributed by atoms with van der Waals surface area (Å²) in [6, 6.07) is 5.45. The van der Waals surface area contributed by atoms with Gasteiger partial charge in [-0.1, -0.05) is 6.92 Å². The maximum absolute atomic E-state index is 12.7. The first-order chi connectivity index (χ1) is 10.1. The van der Waals surface area contributed by atoms with Crippen molar-refractivity contribution >= 4 is 15.7 Å². The number of piperazine rings is 1. The Morgan fingerprint density at radius 3 is 2.67 bits per heavy atom. The van der Waals surface area contributed by atoms with Crippen LogP contribution in [0.25, 0.3) is 0 Å². The molecule has 6 heteroatoms. The maximum atomic E-state index is 12.7. The SMILES string of the molecule is CCCN1CCN(S(=O)(=O)c2ccc3c(c2)CCN3)CC1. The Hall–Kier alpha value is -1.11. The van der Waals surface area contributed by atoms with Crippen LogP contribution in [0, 0.1) is 0 Å². The molecule has 0 spiro atoms. The summed E-state index contributed by atoms with van der Waals surface area (Å²) >= 11 is 0.